The Labute approximate surface area is 118 Å². The predicted octanol–water partition coefficient (Wildman–Crippen LogP) is 1.01. The molecule has 0 radical (unpaired) electrons. The van der Waals surface area contributed by atoms with Gasteiger partial charge in [0.2, 0.25) is 5.91 Å². The summed E-state index contributed by atoms with van der Waals surface area (Å²) in [5.41, 5.74) is 6.72. The zero-order chi connectivity index (χ0) is 13.7. The summed E-state index contributed by atoms with van der Waals surface area (Å²) < 4.78 is 0. The van der Waals surface area contributed by atoms with Crippen LogP contribution in [0.15, 0.2) is 29.2 Å². The van der Waals surface area contributed by atoms with Gasteiger partial charge in [0.15, 0.2) is 0 Å². The standard InChI is InChI=1S/C14H21N3OS/c1-16-5-7-17(8-6-16)14(18)11-19-13-4-2-3-12(9-13)10-15/h2-4,9H,5-8,10-11,15H2,1H3. The van der Waals surface area contributed by atoms with Crippen LogP contribution in [0.3, 0.4) is 0 Å². The van der Waals surface area contributed by atoms with Crippen molar-refractivity contribution >= 4 is 17.7 Å². The van der Waals surface area contributed by atoms with Crippen LogP contribution >= 0.6 is 11.8 Å². The monoisotopic (exact) mass is 279 g/mol. The van der Waals surface area contributed by atoms with Crippen molar-refractivity contribution in [1.82, 2.24) is 9.80 Å². The number of thioether (sulfide) groups is 1. The second-order valence-electron chi connectivity index (χ2n) is 4.82. The lowest BCUT2D eigenvalue weighted by molar-refractivity contribution is -0.129. The Hall–Kier alpha value is -1.04. The van der Waals surface area contributed by atoms with E-state index < -0.39 is 0 Å². The minimum absolute atomic E-state index is 0.233. The number of rotatable bonds is 4. The number of benzene rings is 1. The summed E-state index contributed by atoms with van der Waals surface area (Å²) >= 11 is 1.59. The highest BCUT2D eigenvalue weighted by Gasteiger charge is 2.18. The Morgan fingerprint density at radius 1 is 1.32 bits per heavy atom. The Morgan fingerprint density at radius 2 is 2.05 bits per heavy atom. The summed E-state index contributed by atoms with van der Waals surface area (Å²) in [6.45, 7) is 4.18. The Balaban J connectivity index is 1.82. The number of amides is 1. The first kappa shape index (κ1) is 14.4. The van der Waals surface area contributed by atoms with Crippen molar-refractivity contribution in [2.45, 2.75) is 11.4 Å². The number of carbonyl (C=O) groups excluding carboxylic acids is 1. The van der Waals surface area contributed by atoms with Crippen molar-refractivity contribution in [3.63, 3.8) is 0 Å². The zero-order valence-electron chi connectivity index (χ0n) is 11.3. The average Bonchev–Trinajstić information content (AvgIpc) is 2.46. The number of piperazine rings is 1. The van der Waals surface area contributed by atoms with Crippen LogP contribution in [-0.2, 0) is 11.3 Å². The number of likely N-dealkylation sites (N-methyl/N-ethyl adjacent to an activating group) is 1. The van der Waals surface area contributed by atoms with Crippen molar-refractivity contribution in [3.05, 3.63) is 29.8 Å². The van der Waals surface area contributed by atoms with Crippen LogP contribution in [0, 0.1) is 0 Å². The molecule has 1 aliphatic heterocycles. The summed E-state index contributed by atoms with van der Waals surface area (Å²) in [6.07, 6.45) is 0. The highest BCUT2D eigenvalue weighted by molar-refractivity contribution is 8.00. The Bertz CT molecular complexity index is 430. The number of hydrogen-bond donors (Lipinski definition) is 1. The minimum Gasteiger partial charge on any atom is -0.339 e. The molecule has 2 rings (SSSR count). The Kier molecular flexibility index (Phi) is 5.24. The number of nitrogens with zero attached hydrogens (tertiary/aromatic N) is 2. The third-order valence-corrected chi connectivity index (χ3v) is 4.33. The molecule has 1 saturated heterocycles. The summed E-state index contributed by atoms with van der Waals surface area (Å²) in [7, 11) is 2.09. The normalized spacial score (nSPS) is 16.6. The second kappa shape index (κ2) is 6.93. The maximum Gasteiger partial charge on any atom is 0.233 e. The van der Waals surface area contributed by atoms with E-state index in [1.54, 1.807) is 11.8 Å². The molecule has 0 unspecified atom stereocenters. The Morgan fingerprint density at radius 3 is 2.74 bits per heavy atom. The van der Waals surface area contributed by atoms with Gasteiger partial charge < -0.3 is 15.5 Å². The third kappa shape index (κ3) is 4.23. The molecule has 0 spiro atoms. The lowest BCUT2D eigenvalue weighted by Crippen LogP contribution is -2.47. The molecule has 19 heavy (non-hydrogen) atoms. The van der Waals surface area contributed by atoms with E-state index in [9.17, 15) is 4.79 Å². The molecule has 0 atom stereocenters. The van der Waals surface area contributed by atoms with Gasteiger partial charge in [0, 0.05) is 37.6 Å². The van der Waals surface area contributed by atoms with Gasteiger partial charge in [-0.3, -0.25) is 4.79 Å². The topological polar surface area (TPSA) is 49.6 Å². The van der Waals surface area contributed by atoms with Crippen LogP contribution < -0.4 is 5.73 Å². The van der Waals surface area contributed by atoms with E-state index >= 15 is 0 Å². The van der Waals surface area contributed by atoms with Crippen LogP contribution in [0.25, 0.3) is 0 Å². The average molecular weight is 279 g/mol. The molecule has 4 nitrogen and oxygen atoms in total. The van der Waals surface area contributed by atoms with E-state index in [-0.39, 0.29) is 5.91 Å². The highest BCUT2D eigenvalue weighted by atomic mass is 32.2. The van der Waals surface area contributed by atoms with E-state index in [2.05, 4.69) is 18.0 Å². The molecular formula is C14H21N3OS. The van der Waals surface area contributed by atoms with E-state index in [1.165, 1.54) is 0 Å². The number of hydrogen-bond acceptors (Lipinski definition) is 4. The second-order valence-corrected chi connectivity index (χ2v) is 5.87. The fourth-order valence-corrected chi connectivity index (χ4v) is 2.94. The SMILES string of the molecule is CN1CCN(C(=O)CSc2cccc(CN)c2)CC1. The molecule has 0 bridgehead atoms. The molecule has 1 amide bonds. The summed E-state index contributed by atoms with van der Waals surface area (Å²) in [5.74, 6) is 0.744. The van der Waals surface area contributed by atoms with Gasteiger partial charge >= 0.3 is 0 Å². The van der Waals surface area contributed by atoms with Crippen LogP contribution in [0.2, 0.25) is 0 Å². The fraction of sp³-hybridized carbons (Fsp3) is 0.500. The molecule has 1 aliphatic rings. The lowest BCUT2D eigenvalue weighted by Gasteiger charge is -2.32. The van der Waals surface area contributed by atoms with Crippen LogP contribution in [0.1, 0.15) is 5.56 Å². The smallest absolute Gasteiger partial charge is 0.233 e. The van der Waals surface area contributed by atoms with Gasteiger partial charge in [-0.25, -0.2) is 0 Å². The number of nitrogens with two attached hydrogens (primary N) is 1. The molecule has 5 heteroatoms. The fourth-order valence-electron chi connectivity index (χ4n) is 2.05. The summed E-state index contributed by atoms with van der Waals surface area (Å²) in [5, 5.41) is 0. The van der Waals surface area contributed by atoms with E-state index in [4.69, 9.17) is 5.73 Å². The van der Waals surface area contributed by atoms with Gasteiger partial charge in [0.1, 0.15) is 0 Å². The quantitative estimate of drug-likeness (QED) is 0.836. The number of carbonyl (C=O) groups is 1. The van der Waals surface area contributed by atoms with Crippen molar-refractivity contribution in [2.24, 2.45) is 5.73 Å². The third-order valence-electron chi connectivity index (χ3n) is 3.35. The molecular weight excluding hydrogens is 258 g/mol. The lowest BCUT2D eigenvalue weighted by atomic mass is 10.2. The zero-order valence-corrected chi connectivity index (χ0v) is 12.2. The van der Waals surface area contributed by atoms with Crippen molar-refractivity contribution in [2.75, 3.05) is 39.0 Å². The largest absolute Gasteiger partial charge is 0.339 e. The molecule has 0 saturated carbocycles. The molecule has 1 heterocycles. The van der Waals surface area contributed by atoms with Gasteiger partial charge in [-0.05, 0) is 24.7 Å². The molecule has 104 valence electrons. The first-order chi connectivity index (χ1) is 9.19. The maximum absolute atomic E-state index is 12.1. The summed E-state index contributed by atoms with van der Waals surface area (Å²) in [4.78, 5) is 17.4. The van der Waals surface area contributed by atoms with Gasteiger partial charge in [-0.1, -0.05) is 12.1 Å². The van der Waals surface area contributed by atoms with E-state index in [0.29, 0.717) is 12.3 Å². The molecule has 2 N–H and O–H groups in total. The van der Waals surface area contributed by atoms with Crippen LogP contribution in [0.4, 0.5) is 0 Å². The van der Waals surface area contributed by atoms with E-state index in [1.807, 2.05) is 23.1 Å². The molecule has 1 aromatic rings. The maximum atomic E-state index is 12.1. The highest BCUT2D eigenvalue weighted by Crippen LogP contribution is 2.19. The molecule has 0 aromatic heterocycles. The van der Waals surface area contributed by atoms with Gasteiger partial charge in [0.25, 0.3) is 0 Å². The molecule has 1 aromatic carbocycles. The summed E-state index contributed by atoms with van der Waals surface area (Å²) in [6, 6.07) is 8.08. The van der Waals surface area contributed by atoms with Gasteiger partial charge in [0.05, 0.1) is 5.75 Å². The van der Waals surface area contributed by atoms with Crippen molar-refractivity contribution in [3.8, 4) is 0 Å². The minimum atomic E-state index is 0.233. The molecule has 0 aliphatic carbocycles. The van der Waals surface area contributed by atoms with Crippen LogP contribution in [-0.4, -0.2) is 54.7 Å². The van der Waals surface area contributed by atoms with Gasteiger partial charge in [-0.15, -0.1) is 11.8 Å². The van der Waals surface area contributed by atoms with Gasteiger partial charge in [-0.2, -0.15) is 0 Å². The first-order valence-electron chi connectivity index (χ1n) is 6.57. The van der Waals surface area contributed by atoms with Crippen molar-refractivity contribution < 1.29 is 4.79 Å². The van der Waals surface area contributed by atoms with E-state index in [0.717, 1.165) is 36.6 Å². The van der Waals surface area contributed by atoms with Crippen LogP contribution in [0.5, 0.6) is 0 Å². The predicted molar refractivity (Wildman–Crippen MR) is 79.1 cm³/mol. The molecule has 1 fully saturated rings. The van der Waals surface area contributed by atoms with Crippen molar-refractivity contribution in [1.29, 1.82) is 0 Å². The first-order valence-corrected chi connectivity index (χ1v) is 7.55.